The third-order valence-electron chi connectivity index (χ3n) is 6.70. The number of aliphatic imine (C=N–C) groups is 1. The van der Waals surface area contributed by atoms with E-state index in [0.717, 1.165) is 16.5 Å². The van der Waals surface area contributed by atoms with Gasteiger partial charge in [-0.1, -0.05) is 6.07 Å². The highest BCUT2D eigenvalue weighted by Crippen LogP contribution is 2.39. The van der Waals surface area contributed by atoms with Crippen molar-refractivity contribution < 1.29 is 22.8 Å². The third-order valence-corrected chi connectivity index (χ3v) is 6.70. The van der Waals surface area contributed by atoms with E-state index in [4.69, 9.17) is 0 Å². The molecule has 2 aliphatic rings. The van der Waals surface area contributed by atoms with Crippen molar-refractivity contribution in [3.8, 4) is 0 Å². The highest BCUT2D eigenvalue weighted by atomic mass is 19.4. The second-order valence-corrected chi connectivity index (χ2v) is 9.03. The lowest BCUT2D eigenvalue weighted by Gasteiger charge is -2.40. The molecule has 0 bridgehead atoms. The molecule has 1 saturated heterocycles. The number of nitrogens with one attached hydrogen (secondary N) is 1. The van der Waals surface area contributed by atoms with E-state index in [1.807, 2.05) is 32.0 Å². The second kappa shape index (κ2) is 10.2. The van der Waals surface area contributed by atoms with Gasteiger partial charge in [-0.25, -0.2) is 0 Å². The van der Waals surface area contributed by atoms with Crippen molar-refractivity contribution >= 4 is 34.6 Å². The van der Waals surface area contributed by atoms with Crippen LogP contribution in [0, 0.1) is 5.92 Å². The molecule has 2 aliphatic heterocycles. The lowest BCUT2D eigenvalue weighted by molar-refractivity contribution is -0.178. The van der Waals surface area contributed by atoms with Crippen LogP contribution in [-0.4, -0.2) is 66.3 Å². The third kappa shape index (κ3) is 5.74. The maximum absolute atomic E-state index is 13.8. The number of aromatic nitrogens is 1. The summed E-state index contributed by atoms with van der Waals surface area (Å²) in [4.78, 5) is 36.7. The van der Waals surface area contributed by atoms with Crippen molar-refractivity contribution in [2.45, 2.75) is 51.4 Å². The molecule has 0 spiro atoms. The van der Waals surface area contributed by atoms with E-state index >= 15 is 0 Å². The summed E-state index contributed by atoms with van der Waals surface area (Å²) in [7, 11) is 0. The van der Waals surface area contributed by atoms with Gasteiger partial charge in [0.2, 0.25) is 11.8 Å². The van der Waals surface area contributed by atoms with E-state index in [1.165, 1.54) is 0 Å². The Kier molecular flexibility index (Phi) is 7.28. The first-order chi connectivity index (χ1) is 16.7. The Hall–Kier alpha value is -3.17. The summed E-state index contributed by atoms with van der Waals surface area (Å²) < 4.78 is 41.5. The topological polar surface area (TPSA) is 77.9 Å². The van der Waals surface area contributed by atoms with Gasteiger partial charge in [-0.2, -0.15) is 13.2 Å². The van der Waals surface area contributed by atoms with Crippen molar-refractivity contribution in [2.75, 3.05) is 31.1 Å². The number of benzene rings is 1. The number of piperidine rings is 1. The predicted molar refractivity (Wildman–Crippen MR) is 128 cm³/mol. The summed E-state index contributed by atoms with van der Waals surface area (Å²) in [5, 5.41) is 3.51. The van der Waals surface area contributed by atoms with Gasteiger partial charge in [-0.05, 0) is 38.5 Å². The average Bonchev–Trinajstić information content (AvgIpc) is 3.67. The Labute approximate surface area is 202 Å². The van der Waals surface area contributed by atoms with E-state index in [-0.39, 0.29) is 44.3 Å². The van der Waals surface area contributed by atoms with Gasteiger partial charge in [0.15, 0.2) is 0 Å². The van der Waals surface area contributed by atoms with Gasteiger partial charge in [-0.15, -0.1) is 0 Å². The lowest BCUT2D eigenvalue weighted by atomic mass is 9.92. The number of anilines is 1. The van der Waals surface area contributed by atoms with Gasteiger partial charge < -0.3 is 15.1 Å². The zero-order chi connectivity index (χ0) is 25.2. The van der Waals surface area contributed by atoms with Gasteiger partial charge in [-0.3, -0.25) is 19.6 Å². The number of rotatable bonds is 8. The Balaban J connectivity index is 1.52. The van der Waals surface area contributed by atoms with Crippen molar-refractivity contribution in [1.82, 2.24) is 15.2 Å². The maximum atomic E-state index is 13.8. The molecule has 0 radical (unpaired) electrons. The molecule has 1 unspecified atom stereocenters. The van der Waals surface area contributed by atoms with Crippen LogP contribution in [0.25, 0.3) is 10.9 Å². The number of nitrogens with zero attached hydrogens (tertiary/aromatic N) is 4. The molecule has 1 aromatic heterocycles. The van der Waals surface area contributed by atoms with E-state index in [1.54, 1.807) is 28.3 Å². The van der Waals surface area contributed by atoms with Crippen LogP contribution in [0.15, 0.2) is 35.5 Å². The van der Waals surface area contributed by atoms with Crippen molar-refractivity contribution in [1.29, 1.82) is 0 Å². The SMILES string of the molecule is CCN(CC)C(=O)CCC(=O)N[C@@H]1C[C@H](C(F)(F)F)CN(c2ccc(C3C=N3)c3ncccc23)C1. The quantitative estimate of drug-likeness (QED) is 0.611. The summed E-state index contributed by atoms with van der Waals surface area (Å²) in [5.41, 5.74) is 2.30. The zero-order valence-corrected chi connectivity index (χ0v) is 19.9. The number of alkyl halides is 3. The zero-order valence-electron chi connectivity index (χ0n) is 19.9. The summed E-state index contributed by atoms with van der Waals surface area (Å²) in [6.45, 7) is 4.87. The smallest absolute Gasteiger partial charge is 0.368 e. The van der Waals surface area contributed by atoms with Gasteiger partial charge >= 0.3 is 6.18 Å². The minimum Gasteiger partial charge on any atom is -0.368 e. The standard InChI is InChI=1S/C25H30F3N5O2/c1-3-32(4-2)23(35)10-9-22(34)31-17-12-16(25(26,27)28)14-33(15-17)21-8-7-18(20-13-30-20)24-19(21)6-5-11-29-24/h5-8,11,13,16-17,20H,3-4,9-10,12,14-15H2,1-2H3,(H,31,34)/t16-,17+,20?/m0/s1. The summed E-state index contributed by atoms with van der Waals surface area (Å²) in [6.07, 6.45) is -1.13. The summed E-state index contributed by atoms with van der Waals surface area (Å²) in [6, 6.07) is 6.59. The molecule has 3 atom stereocenters. The molecule has 1 aromatic carbocycles. The van der Waals surface area contributed by atoms with Crippen LogP contribution in [0.4, 0.5) is 18.9 Å². The molecule has 7 nitrogen and oxygen atoms in total. The Bertz CT molecular complexity index is 1110. The highest BCUT2D eigenvalue weighted by Gasteiger charge is 2.45. The van der Waals surface area contributed by atoms with Crippen LogP contribution < -0.4 is 10.2 Å². The fraction of sp³-hybridized carbons (Fsp3) is 0.520. The second-order valence-electron chi connectivity index (χ2n) is 9.03. The molecule has 0 saturated carbocycles. The van der Waals surface area contributed by atoms with Crippen molar-refractivity contribution in [3.63, 3.8) is 0 Å². The molecular weight excluding hydrogens is 459 g/mol. The minimum atomic E-state index is -4.39. The Morgan fingerprint density at radius 3 is 2.54 bits per heavy atom. The van der Waals surface area contributed by atoms with E-state index in [2.05, 4.69) is 15.3 Å². The molecular formula is C25H30F3N5O2. The van der Waals surface area contributed by atoms with Gasteiger partial charge in [0.1, 0.15) is 6.04 Å². The number of carbonyl (C=O) groups is 2. The van der Waals surface area contributed by atoms with Gasteiger partial charge in [0, 0.05) is 74.1 Å². The first kappa shape index (κ1) is 24.9. The molecule has 4 rings (SSSR count). The van der Waals surface area contributed by atoms with Crippen LogP contribution in [-0.2, 0) is 9.59 Å². The van der Waals surface area contributed by atoms with E-state index in [9.17, 15) is 22.8 Å². The predicted octanol–water partition coefficient (Wildman–Crippen LogP) is 3.88. The number of hydrogen-bond donors (Lipinski definition) is 1. The molecule has 1 N–H and O–H groups in total. The number of amides is 2. The van der Waals surface area contributed by atoms with Crippen LogP contribution in [0.2, 0.25) is 0 Å². The van der Waals surface area contributed by atoms with Crippen LogP contribution in [0.5, 0.6) is 0 Å². The van der Waals surface area contributed by atoms with Crippen molar-refractivity contribution in [3.05, 3.63) is 36.0 Å². The van der Waals surface area contributed by atoms with Crippen LogP contribution >= 0.6 is 0 Å². The number of pyridine rings is 1. The monoisotopic (exact) mass is 489 g/mol. The number of hydrogen-bond acceptors (Lipinski definition) is 5. The molecule has 3 heterocycles. The minimum absolute atomic E-state index is 0.0307. The first-order valence-corrected chi connectivity index (χ1v) is 12.0. The fourth-order valence-electron chi connectivity index (χ4n) is 4.79. The highest BCUT2D eigenvalue weighted by molar-refractivity contribution is 5.97. The average molecular weight is 490 g/mol. The van der Waals surface area contributed by atoms with E-state index < -0.39 is 24.0 Å². The molecule has 188 valence electrons. The molecule has 10 heteroatoms. The molecule has 2 amide bonds. The molecule has 1 fully saturated rings. The molecule has 0 aliphatic carbocycles. The molecule has 35 heavy (non-hydrogen) atoms. The molecule has 2 aromatic rings. The Morgan fingerprint density at radius 1 is 1.14 bits per heavy atom. The lowest BCUT2D eigenvalue weighted by Crippen LogP contribution is -2.54. The first-order valence-electron chi connectivity index (χ1n) is 12.0. The Morgan fingerprint density at radius 2 is 1.89 bits per heavy atom. The fourth-order valence-corrected chi connectivity index (χ4v) is 4.79. The normalized spacial score (nSPS) is 21.7. The van der Waals surface area contributed by atoms with E-state index in [0.29, 0.717) is 18.8 Å². The van der Waals surface area contributed by atoms with Gasteiger partial charge in [0.05, 0.1) is 11.4 Å². The maximum Gasteiger partial charge on any atom is 0.393 e. The van der Waals surface area contributed by atoms with Crippen LogP contribution in [0.1, 0.15) is 44.7 Å². The van der Waals surface area contributed by atoms with Crippen LogP contribution in [0.3, 0.4) is 0 Å². The summed E-state index contributed by atoms with van der Waals surface area (Å²) in [5.74, 6) is -2.13. The number of carbonyl (C=O) groups excluding carboxylic acids is 2. The van der Waals surface area contributed by atoms with Crippen molar-refractivity contribution in [2.24, 2.45) is 10.9 Å². The summed E-state index contributed by atoms with van der Waals surface area (Å²) >= 11 is 0. The number of fused-ring (bicyclic) bond motifs is 1. The van der Waals surface area contributed by atoms with Gasteiger partial charge in [0.25, 0.3) is 0 Å². The number of halogens is 3. The largest absolute Gasteiger partial charge is 0.393 e.